The molecular formula is C8H8ClFN+. The zero-order valence-corrected chi connectivity index (χ0v) is 6.68. The minimum absolute atomic E-state index is 0.311. The minimum Gasteiger partial charge on any atom is -0.168 e. The average Bonchev–Trinajstić information content (AvgIpc) is 1.93. The monoisotopic (exact) mass is 172 g/mol. The summed E-state index contributed by atoms with van der Waals surface area (Å²) in [6.07, 6.45) is 1.61. The largest absolute Gasteiger partial charge is 0.359 e. The fourth-order valence-corrected chi connectivity index (χ4v) is 0.897. The Morgan fingerprint density at radius 2 is 2.36 bits per heavy atom. The predicted molar refractivity (Wildman–Crippen MR) is 41.6 cm³/mol. The minimum atomic E-state index is -0.311. The first-order chi connectivity index (χ1) is 5.20. The lowest BCUT2D eigenvalue weighted by Crippen LogP contribution is -2.37. The fraction of sp³-hybridized carbons (Fsp3) is 0.125. The van der Waals surface area contributed by atoms with Gasteiger partial charge in [0.1, 0.15) is 0 Å². The van der Waals surface area contributed by atoms with Gasteiger partial charge in [0.25, 0.3) is 0 Å². The molecule has 0 saturated carbocycles. The van der Waals surface area contributed by atoms with Crippen molar-refractivity contribution in [2.75, 3.05) is 0 Å². The average molecular weight is 173 g/mol. The Hall–Kier alpha value is -0.890. The van der Waals surface area contributed by atoms with Crippen LogP contribution in [0, 0.1) is 5.95 Å². The molecule has 0 aromatic carbocycles. The first kappa shape index (κ1) is 8.21. The van der Waals surface area contributed by atoms with E-state index in [0.717, 1.165) is 0 Å². The predicted octanol–water partition coefficient (Wildman–Crippen LogP) is 1.87. The molecule has 3 heteroatoms. The number of hydrogen-bond donors (Lipinski definition) is 0. The molecule has 0 aliphatic heterocycles. The second kappa shape index (κ2) is 3.49. The van der Waals surface area contributed by atoms with Gasteiger partial charge in [0, 0.05) is 12.1 Å². The molecular weight excluding hydrogens is 165 g/mol. The zero-order valence-electron chi connectivity index (χ0n) is 5.93. The number of allylic oxidation sites excluding steroid dienone is 1. The van der Waals surface area contributed by atoms with Gasteiger partial charge in [-0.2, -0.15) is 4.57 Å². The second-order valence-electron chi connectivity index (χ2n) is 2.17. The van der Waals surface area contributed by atoms with Crippen LogP contribution < -0.4 is 4.57 Å². The maximum atomic E-state index is 12.8. The van der Waals surface area contributed by atoms with Crippen molar-refractivity contribution in [3.63, 3.8) is 0 Å². The van der Waals surface area contributed by atoms with Crippen molar-refractivity contribution in [3.05, 3.63) is 42.0 Å². The molecule has 0 spiro atoms. The third kappa shape index (κ3) is 2.31. The number of rotatable bonds is 2. The van der Waals surface area contributed by atoms with Crippen LogP contribution in [0.1, 0.15) is 0 Å². The highest BCUT2D eigenvalue weighted by molar-refractivity contribution is 6.29. The van der Waals surface area contributed by atoms with Crippen molar-refractivity contribution in [2.45, 2.75) is 6.54 Å². The standard InChI is InChI=1S/C8H8ClFN/c1-7(9)6-11-5-3-2-4-8(11)10/h2-5H,1,6H2/q+1. The maximum Gasteiger partial charge on any atom is 0.359 e. The summed E-state index contributed by atoms with van der Waals surface area (Å²) >= 11 is 5.50. The van der Waals surface area contributed by atoms with E-state index in [0.29, 0.717) is 11.6 Å². The summed E-state index contributed by atoms with van der Waals surface area (Å²) in [6, 6.07) is 4.74. The Kier molecular flexibility index (Phi) is 2.60. The van der Waals surface area contributed by atoms with Gasteiger partial charge in [-0.1, -0.05) is 18.2 Å². The summed E-state index contributed by atoms with van der Waals surface area (Å²) in [6.45, 7) is 3.78. The van der Waals surface area contributed by atoms with E-state index >= 15 is 0 Å². The Balaban J connectivity index is 2.86. The third-order valence-electron chi connectivity index (χ3n) is 1.23. The normalized spacial score (nSPS) is 9.64. The highest BCUT2D eigenvalue weighted by Gasteiger charge is 2.07. The SMILES string of the molecule is C=C(Cl)C[n+]1ccccc1F. The number of nitrogens with zero attached hydrogens (tertiary/aromatic N) is 1. The summed E-state index contributed by atoms with van der Waals surface area (Å²) in [5.41, 5.74) is 0. The van der Waals surface area contributed by atoms with Crippen LogP contribution in [0.3, 0.4) is 0 Å². The molecule has 1 rings (SSSR count). The van der Waals surface area contributed by atoms with Gasteiger partial charge >= 0.3 is 5.95 Å². The number of aromatic nitrogens is 1. The van der Waals surface area contributed by atoms with Gasteiger partial charge < -0.3 is 0 Å². The lowest BCUT2D eigenvalue weighted by Gasteiger charge is -1.93. The Bertz CT molecular complexity index is 273. The van der Waals surface area contributed by atoms with E-state index in [1.54, 1.807) is 18.3 Å². The molecule has 0 radical (unpaired) electrons. The molecule has 0 N–H and O–H groups in total. The second-order valence-corrected chi connectivity index (χ2v) is 2.70. The highest BCUT2D eigenvalue weighted by atomic mass is 35.5. The Labute approximate surface area is 69.7 Å². The quantitative estimate of drug-likeness (QED) is 0.474. The Morgan fingerprint density at radius 1 is 1.64 bits per heavy atom. The smallest absolute Gasteiger partial charge is 0.168 e. The first-order valence-corrected chi connectivity index (χ1v) is 3.55. The van der Waals surface area contributed by atoms with Gasteiger partial charge in [-0.15, -0.1) is 4.39 Å². The molecule has 0 fully saturated rings. The van der Waals surface area contributed by atoms with Crippen molar-refractivity contribution in [1.82, 2.24) is 0 Å². The van der Waals surface area contributed by atoms with Crippen molar-refractivity contribution in [3.8, 4) is 0 Å². The fourth-order valence-electron chi connectivity index (χ4n) is 0.769. The van der Waals surface area contributed by atoms with Crippen molar-refractivity contribution >= 4 is 11.6 Å². The first-order valence-electron chi connectivity index (χ1n) is 3.17. The summed E-state index contributed by atoms with van der Waals surface area (Å²) in [5.74, 6) is -0.311. The van der Waals surface area contributed by atoms with Crippen LogP contribution in [-0.4, -0.2) is 0 Å². The topological polar surface area (TPSA) is 3.88 Å². The van der Waals surface area contributed by atoms with E-state index in [2.05, 4.69) is 6.58 Å². The van der Waals surface area contributed by atoms with E-state index in [4.69, 9.17) is 11.6 Å². The van der Waals surface area contributed by atoms with Crippen LogP contribution in [0.4, 0.5) is 4.39 Å². The van der Waals surface area contributed by atoms with Crippen molar-refractivity contribution < 1.29 is 8.96 Å². The van der Waals surface area contributed by atoms with E-state index in [1.807, 2.05) is 0 Å². The summed E-state index contributed by atoms with van der Waals surface area (Å²) < 4.78 is 14.2. The molecule has 0 aliphatic rings. The van der Waals surface area contributed by atoms with Crippen LogP contribution in [0.5, 0.6) is 0 Å². The van der Waals surface area contributed by atoms with E-state index < -0.39 is 0 Å². The summed E-state index contributed by atoms with van der Waals surface area (Å²) in [5, 5.41) is 0.417. The van der Waals surface area contributed by atoms with Crippen LogP contribution in [-0.2, 0) is 6.54 Å². The van der Waals surface area contributed by atoms with Gasteiger partial charge in [-0.3, -0.25) is 0 Å². The van der Waals surface area contributed by atoms with Crippen LogP contribution >= 0.6 is 11.6 Å². The van der Waals surface area contributed by atoms with Gasteiger partial charge in [0.2, 0.25) is 0 Å². The van der Waals surface area contributed by atoms with Gasteiger partial charge in [-0.05, 0) is 6.07 Å². The zero-order chi connectivity index (χ0) is 8.27. The summed E-state index contributed by atoms with van der Waals surface area (Å²) in [7, 11) is 0. The molecule has 1 aromatic heterocycles. The van der Waals surface area contributed by atoms with E-state index in [9.17, 15) is 4.39 Å². The lowest BCUT2D eigenvalue weighted by atomic mass is 10.4. The number of halogens is 2. The third-order valence-corrected chi connectivity index (χ3v) is 1.35. The van der Waals surface area contributed by atoms with Crippen molar-refractivity contribution in [1.29, 1.82) is 0 Å². The summed E-state index contributed by atoms with van der Waals surface area (Å²) in [4.78, 5) is 0. The van der Waals surface area contributed by atoms with E-state index in [1.165, 1.54) is 10.6 Å². The molecule has 58 valence electrons. The van der Waals surface area contributed by atoms with Crippen molar-refractivity contribution in [2.24, 2.45) is 0 Å². The molecule has 0 saturated heterocycles. The van der Waals surface area contributed by atoms with Gasteiger partial charge in [0.15, 0.2) is 12.7 Å². The molecule has 1 heterocycles. The number of hydrogen-bond acceptors (Lipinski definition) is 0. The lowest BCUT2D eigenvalue weighted by molar-refractivity contribution is -0.715. The molecule has 0 aliphatic carbocycles. The van der Waals surface area contributed by atoms with Crippen LogP contribution in [0.15, 0.2) is 36.0 Å². The molecule has 0 bridgehead atoms. The van der Waals surface area contributed by atoms with Gasteiger partial charge in [0.05, 0.1) is 5.03 Å². The highest BCUT2D eigenvalue weighted by Crippen LogP contribution is 1.96. The molecule has 1 nitrogen and oxygen atoms in total. The van der Waals surface area contributed by atoms with Crippen LogP contribution in [0.25, 0.3) is 0 Å². The molecule has 0 amide bonds. The van der Waals surface area contributed by atoms with E-state index in [-0.39, 0.29) is 5.95 Å². The molecule has 0 atom stereocenters. The van der Waals surface area contributed by atoms with Crippen LogP contribution in [0.2, 0.25) is 0 Å². The molecule has 0 unspecified atom stereocenters. The Morgan fingerprint density at radius 3 is 2.91 bits per heavy atom. The molecule has 1 aromatic rings. The van der Waals surface area contributed by atoms with Gasteiger partial charge in [-0.25, -0.2) is 0 Å². The number of pyridine rings is 1. The maximum absolute atomic E-state index is 12.8. The molecule has 11 heavy (non-hydrogen) atoms.